The summed E-state index contributed by atoms with van der Waals surface area (Å²) in [5, 5.41) is 0. The Labute approximate surface area is 133 Å². The topological polar surface area (TPSA) is 44.1 Å². The van der Waals surface area contributed by atoms with E-state index < -0.39 is 24.7 Å². The van der Waals surface area contributed by atoms with E-state index in [0.717, 1.165) is 11.8 Å². The molecule has 0 bridgehead atoms. The molecule has 0 fully saturated rings. The van der Waals surface area contributed by atoms with Crippen LogP contribution in [-0.2, 0) is 4.74 Å². The van der Waals surface area contributed by atoms with Gasteiger partial charge in [-0.15, -0.1) is 0 Å². The molecule has 0 spiro atoms. The summed E-state index contributed by atoms with van der Waals surface area (Å²) in [5.74, 6) is -6.42. The molecule has 1 aromatic heterocycles. The Kier molecular flexibility index (Phi) is 4.91. The van der Waals surface area contributed by atoms with Gasteiger partial charge in [-0.1, -0.05) is 30.3 Å². The molecular weight excluding hydrogens is 335 g/mol. The predicted octanol–water partition coefficient (Wildman–Crippen LogP) is 3.85. The summed E-state index contributed by atoms with van der Waals surface area (Å²) < 4.78 is 67.4. The van der Waals surface area contributed by atoms with Crippen molar-refractivity contribution in [2.24, 2.45) is 0 Å². The van der Waals surface area contributed by atoms with Crippen LogP contribution in [0.5, 0.6) is 0 Å². The molecule has 0 radical (unpaired) electrons. The number of hydrogen-bond donors (Lipinski definition) is 0. The average molecular weight is 348 g/mol. The molecule has 1 atom stereocenters. The molecule has 0 saturated heterocycles. The second kappa shape index (κ2) is 6.58. The van der Waals surface area contributed by atoms with Crippen LogP contribution >= 0.6 is 0 Å². The third-order valence-corrected chi connectivity index (χ3v) is 3.37. The van der Waals surface area contributed by atoms with Crippen molar-refractivity contribution in [2.75, 3.05) is 6.61 Å². The van der Waals surface area contributed by atoms with E-state index in [1.54, 1.807) is 37.3 Å². The van der Waals surface area contributed by atoms with Crippen molar-refractivity contribution in [2.45, 2.75) is 25.1 Å². The molecule has 1 heterocycles. The summed E-state index contributed by atoms with van der Waals surface area (Å²) in [6.45, 7) is -0.363. The minimum absolute atomic E-state index is 0.218. The lowest BCUT2D eigenvalue weighted by molar-refractivity contribution is -0.292. The molecule has 4 nitrogen and oxygen atoms in total. The number of halogens is 5. The zero-order valence-corrected chi connectivity index (χ0v) is 12.4. The Bertz CT molecular complexity index is 697. The third-order valence-electron chi connectivity index (χ3n) is 3.37. The Morgan fingerprint density at radius 2 is 1.83 bits per heavy atom. The Balaban J connectivity index is 2.14. The highest BCUT2D eigenvalue weighted by molar-refractivity contribution is 5.87. The van der Waals surface area contributed by atoms with Crippen LogP contribution in [0.15, 0.2) is 42.9 Å². The van der Waals surface area contributed by atoms with Gasteiger partial charge in [-0.2, -0.15) is 22.0 Å². The first-order valence-electron chi connectivity index (χ1n) is 6.82. The van der Waals surface area contributed by atoms with Crippen molar-refractivity contribution < 1.29 is 31.5 Å². The first kappa shape index (κ1) is 17.9. The van der Waals surface area contributed by atoms with Crippen LogP contribution in [-0.4, -0.2) is 34.2 Å². The first-order chi connectivity index (χ1) is 11.1. The van der Waals surface area contributed by atoms with Gasteiger partial charge in [-0.3, -0.25) is 0 Å². The second-order valence-electron chi connectivity index (χ2n) is 5.05. The summed E-state index contributed by atoms with van der Waals surface area (Å²) in [6, 6.07) is 8.49. The quantitative estimate of drug-likeness (QED) is 0.609. The van der Waals surface area contributed by atoms with Crippen LogP contribution in [0.2, 0.25) is 0 Å². The highest BCUT2D eigenvalue weighted by atomic mass is 19.4. The number of hydrogen-bond acceptors (Lipinski definition) is 3. The van der Waals surface area contributed by atoms with E-state index in [1.165, 1.54) is 10.9 Å². The third kappa shape index (κ3) is 3.72. The van der Waals surface area contributed by atoms with Crippen molar-refractivity contribution in [3.8, 4) is 0 Å². The van der Waals surface area contributed by atoms with E-state index >= 15 is 0 Å². The lowest BCUT2D eigenvalue weighted by atomic mass is 10.1. The number of aromatic nitrogens is 2. The van der Waals surface area contributed by atoms with Crippen molar-refractivity contribution in [3.63, 3.8) is 0 Å². The smallest absolute Gasteiger partial charge is 0.454 e. The van der Waals surface area contributed by atoms with Gasteiger partial charge in [0.25, 0.3) is 0 Å². The summed E-state index contributed by atoms with van der Waals surface area (Å²) in [4.78, 5) is 15.6. The number of carbonyl (C=O) groups is 1. The van der Waals surface area contributed by atoms with E-state index in [4.69, 9.17) is 0 Å². The molecule has 0 saturated carbocycles. The van der Waals surface area contributed by atoms with Gasteiger partial charge in [0, 0.05) is 0 Å². The number of esters is 1. The number of alkyl halides is 5. The highest BCUT2D eigenvalue weighted by Gasteiger charge is 2.58. The van der Waals surface area contributed by atoms with Gasteiger partial charge in [-0.05, 0) is 12.5 Å². The summed E-state index contributed by atoms with van der Waals surface area (Å²) in [5.41, 5.74) is 0.578. The molecule has 9 heteroatoms. The molecule has 130 valence electrons. The minimum atomic E-state index is -5.79. The predicted molar refractivity (Wildman–Crippen MR) is 73.8 cm³/mol. The molecule has 0 aliphatic heterocycles. The molecule has 24 heavy (non-hydrogen) atoms. The number of ether oxygens (including phenoxy) is 1. The number of benzene rings is 1. The highest BCUT2D eigenvalue weighted by Crippen LogP contribution is 2.35. The summed E-state index contributed by atoms with van der Waals surface area (Å²) in [7, 11) is 0. The van der Waals surface area contributed by atoms with Gasteiger partial charge in [0.2, 0.25) is 0 Å². The standard InChI is InChI=1S/C15H13F5N2O2/c1-10(11-5-3-2-4-6-11)22-9-21-7-12(22)13(23)24-8-14(16,17)15(18,19)20/h2-7,9-10H,8H2,1H3/t10-/m1/s1. The van der Waals surface area contributed by atoms with Crippen molar-refractivity contribution in [3.05, 3.63) is 54.1 Å². The van der Waals surface area contributed by atoms with E-state index in [-0.39, 0.29) is 11.7 Å². The van der Waals surface area contributed by atoms with Gasteiger partial charge >= 0.3 is 18.1 Å². The molecule has 0 unspecified atom stereocenters. The lowest BCUT2D eigenvalue weighted by Gasteiger charge is -2.20. The summed E-state index contributed by atoms with van der Waals surface area (Å²) >= 11 is 0. The molecule has 0 aliphatic rings. The Morgan fingerprint density at radius 1 is 1.21 bits per heavy atom. The van der Waals surface area contributed by atoms with Gasteiger partial charge in [0.05, 0.1) is 18.6 Å². The van der Waals surface area contributed by atoms with Crippen molar-refractivity contribution >= 4 is 5.97 Å². The zero-order valence-electron chi connectivity index (χ0n) is 12.4. The zero-order chi connectivity index (χ0) is 18.0. The number of carbonyl (C=O) groups excluding carboxylic acids is 1. The largest absolute Gasteiger partial charge is 0.456 e. The molecule has 0 amide bonds. The van der Waals surface area contributed by atoms with E-state index in [2.05, 4.69) is 9.72 Å². The van der Waals surface area contributed by atoms with E-state index in [0.29, 0.717) is 0 Å². The minimum Gasteiger partial charge on any atom is -0.454 e. The Morgan fingerprint density at radius 3 is 2.42 bits per heavy atom. The van der Waals surface area contributed by atoms with Crippen LogP contribution in [0.1, 0.15) is 29.0 Å². The first-order valence-corrected chi connectivity index (χ1v) is 6.82. The maximum Gasteiger partial charge on any atom is 0.456 e. The maximum absolute atomic E-state index is 12.8. The molecular formula is C15H13F5N2O2. The average Bonchev–Trinajstić information content (AvgIpc) is 3.01. The monoisotopic (exact) mass is 348 g/mol. The molecule has 0 aliphatic carbocycles. The fourth-order valence-electron chi connectivity index (χ4n) is 1.98. The number of rotatable bonds is 5. The van der Waals surface area contributed by atoms with Crippen LogP contribution in [0.25, 0.3) is 0 Å². The van der Waals surface area contributed by atoms with Crippen LogP contribution in [0, 0.1) is 0 Å². The molecule has 0 N–H and O–H groups in total. The molecule has 2 aromatic rings. The van der Waals surface area contributed by atoms with Crippen molar-refractivity contribution in [1.29, 1.82) is 0 Å². The number of nitrogens with zero attached hydrogens (tertiary/aromatic N) is 2. The molecule has 2 rings (SSSR count). The fraction of sp³-hybridized carbons (Fsp3) is 0.333. The normalized spacial score (nSPS) is 13.6. The Hall–Kier alpha value is -2.45. The van der Waals surface area contributed by atoms with Crippen LogP contribution in [0.3, 0.4) is 0 Å². The van der Waals surface area contributed by atoms with E-state index in [9.17, 15) is 26.7 Å². The van der Waals surface area contributed by atoms with Crippen LogP contribution < -0.4 is 0 Å². The lowest BCUT2D eigenvalue weighted by Crippen LogP contribution is -2.41. The maximum atomic E-state index is 12.8. The van der Waals surface area contributed by atoms with Gasteiger partial charge < -0.3 is 9.30 Å². The fourth-order valence-corrected chi connectivity index (χ4v) is 1.98. The SMILES string of the molecule is C[C@H](c1ccccc1)n1cncc1C(=O)OCC(F)(F)C(F)(F)F. The second-order valence-corrected chi connectivity index (χ2v) is 5.05. The van der Waals surface area contributed by atoms with Crippen molar-refractivity contribution in [1.82, 2.24) is 9.55 Å². The summed E-state index contributed by atoms with van der Waals surface area (Å²) in [6.07, 6.45) is -3.46. The van der Waals surface area contributed by atoms with Gasteiger partial charge in [0.1, 0.15) is 5.69 Å². The van der Waals surface area contributed by atoms with Gasteiger partial charge in [0.15, 0.2) is 6.61 Å². The number of imidazole rings is 1. The van der Waals surface area contributed by atoms with Crippen LogP contribution in [0.4, 0.5) is 22.0 Å². The van der Waals surface area contributed by atoms with Gasteiger partial charge in [-0.25, -0.2) is 9.78 Å². The molecule has 1 aromatic carbocycles. The van der Waals surface area contributed by atoms with E-state index in [1.807, 2.05) is 0 Å².